The third-order valence-corrected chi connectivity index (χ3v) is 9.28. The van der Waals surface area contributed by atoms with Gasteiger partial charge in [0.1, 0.15) is 10.3 Å². The van der Waals surface area contributed by atoms with Crippen molar-refractivity contribution in [2.45, 2.75) is 51.0 Å². The van der Waals surface area contributed by atoms with Gasteiger partial charge in [-0.3, -0.25) is 9.59 Å². The number of carbonyl (C=O) groups excluding carboxylic acids is 2. The fraction of sp³-hybridized carbons (Fsp3) is 0.393. The van der Waals surface area contributed by atoms with Gasteiger partial charge in [-0.15, -0.1) is 0 Å². The minimum atomic E-state index is -0.451. The summed E-state index contributed by atoms with van der Waals surface area (Å²) in [5, 5.41) is 15.6. The lowest BCUT2D eigenvalue weighted by Crippen LogP contribution is -2.60. The minimum absolute atomic E-state index is 0.185. The average molecular weight is 609 g/mol. The summed E-state index contributed by atoms with van der Waals surface area (Å²) < 4.78 is 3.45. The Hall–Kier alpha value is -3.24. The van der Waals surface area contributed by atoms with E-state index in [1.54, 1.807) is 35.1 Å². The van der Waals surface area contributed by atoms with Crippen LogP contribution in [-0.4, -0.2) is 41.7 Å². The zero-order valence-electron chi connectivity index (χ0n) is 21.3. The lowest BCUT2D eigenvalue weighted by Gasteiger charge is -2.56. The van der Waals surface area contributed by atoms with Crippen molar-refractivity contribution in [3.63, 3.8) is 0 Å². The summed E-state index contributed by atoms with van der Waals surface area (Å²) in [4.78, 5) is 32.1. The lowest BCUT2D eigenvalue weighted by molar-refractivity contribution is -0.0168. The summed E-state index contributed by atoms with van der Waals surface area (Å²) in [5.41, 5.74) is 2.31. The highest BCUT2D eigenvalue weighted by atomic mass is 79.9. The third kappa shape index (κ3) is 4.24. The molecule has 0 saturated heterocycles. The highest BCUT2D eigenvalue weighted by Gasteiger charge is 2.51. The molecule has 39 heavy (non-hydrogen) atoms. The van der Waals surface area contributed by atoms with Gasteiger partial charge in [-0.05, 0) is 109 Å². The fourth-order valence-corrected chi connectivity index (χ4v) is 8.09. The summed E-state index contributed by atoms with van der Waals surface area (Å²) in [6, 6.07) is 8.75. The number of hydrogen-bond acceptors (Lipinski definition) is 5. The second-order valence-electron chi connectivity index (χ2n) is 11.4. The number of aromatic nitrogens is 5. The molecular formula is C28H27BrClN7O2. The van der Waals surface area contributed by atoms with E-state index in [0.717, 1.165) is 30.3 Å². The molecule has 4 fully saturated rings. The third-order valence-electron chi connectivity index (χ3n) is 8.60. The number of halogens is 2. The van der Waals surface area contributed by atoms with E-state index in [4.69, 9.17) is 11.6 Å². The van der Waals surface area contributed by atoms with Crippen LogP contribution in [0, 0.1) is 24.7 Å². The number of carbonyl (C=O) groups is 2. The highest BCUT2D eigenvalue weighted by Crippen LogP contribution is 2.55. The number of anilines is 1. The van der Waals surface area contributed by atoms with Gasteiger partial charge in [0.2, 0.25) is 0 Å². The minimum Gasteiger partial charge on any atom is -0.345 e. The van der Waals surface area contributed by atoms with Crippen LogP contribution < -0.4 is 10.6 Å². The number of rotatable bonds is 5. The van der Waals surface area contributed by atoms with Crippen LogP contribution in [0.5, 0.6) is 0 Å². The van der Waals surface area contributed by atoms with Crippen LogP contribution in [0.25, 0.3) is 11.3 Å². The maximum absolute atomic E-state index is 14.1. The molecule has 0 radical (unpaired) electrons. The van der Waals surface area contributed by atoms with Gasteiger partial charge in [0.15, 0.2) is 11.5 Å². The molecule has 11 heteroatoms. The Bertz CT molecular complexity index is 1610. The van der Waals surface area contributed by atoms with Gasteiger partial charge < -0.3 is 10.6 Å². The van der Waals surface area contributed by atoms with Crippen molar-refractivity contribution in [1.82, 2.24) is 29.7 Å². The zero-order valence-corrected chi connectivity index (χ0v) is 23.7. The summed E-state index contributed by atoms with van der Waals surface area (Å²) in [7, 11) is 0. The monoisotopic (exact) mass is 607 g/mol. The van der Waals surface area contributed by atoms with E-state index in [1.807, 2.05) is 19.1 Å². The Labute approximate surface area is 238 Å². The van der Waals surface area contributed by atoms with Crippen molar-refractivity contribution >= 4 is 50.5 Å². The summed E-state index contributed by atoms with van der Waals surface area (Å²) >= 11 is 9.73. The molecule has 4 aromatic rings. The topological polar surface area (TPSA) is 106 Å². The van der Waals surface area contributed by atoms with Gasteiger partial charge in [-0.2, -0.15) is 10.2 Å². The van der Waals surface area contributed by atoms with Crippen LogP contribution in [0.4, 0.5) is 5.69 Å². The molecule has 2 amide bonds. The first-order valence-corrected chi connectivity index (χ1v) is 14.4. The van der Waals surface area contributed by atoms with Crippen LogP contribution in [0.2, 0.25) is 5.02 Å². The second-order valence-corrected chi connectivity index (χ2v) is 12.6. The number of pyridine rings is 2. The molecule has 4 aliphatic carbocycles. The Morgan fingerprint density at radius 1 is 1.05 bits per heavy atom. The number of nitrogens with zero attached hydrogens (tertiary/aromatic N) is 5. The van der Waals surface area contributed by atoms with E-state index >= 15 is 0 Å². The Morgan fingerprint density at radius 2 is 1.77 bits per heavy atom. The highest BCUT2D eigenvalue weighted by molar-refractivity contribution is 9.10. The number of amides is 2. The molecule has 8 rings (SSSR count). The molecule has 2 N–H and O–H groups in total. The molecule has 0 atom stereocenters. The zero-order chi connectivity index (χ0) is 26.9. The molecule has 4 aromatic heterocycles. The smallest absolute Gasteiger partial charge is 0.274 e. The largest absolute Gasteiger partial charge is 0.345 e. The first-order valence-electron chi connectivity index (χ1n) is 13.3. The summed E-state index contributed by atoms with van der Waals surface area (Å²) in [5.74, 6) is 1.73. The van der Waals surface area contributed by atoms with Crippen LogP contribution in [0.1, 0.15) is 65.1 Å². The van der Waals surface area contributed by atoms with E-state index in [0.29, 0.717) is 44.6 Å². The first kappa shape index (κ1) is 24.8. The number of fused-ring (bicyclic) bond motifs is 1. The molecule has 9 nitrogen and oxygen atoms in total. The molecule has 0 spiro atoms. The quantitative estimate of drug-likeness (QED) is 0.307. The SMILES string of the molecule is Cc1cc2ccnn2c(C(=O)NC23CC4CC(CC(C4)C2)C3)c1NC(=O)c1cc(Br)nn1-c1ncccc1Cl. The van der Waals surface area contributed by atoms with E-state index in [2.05, 4.69) is 41.7 Å². The average Bonchev–Trinajstić information content (AvgIpc) is 3.49. The predicted molar refractivity (Wildman–Crippen MR) is 150 cm³/mol. The molecule has 4 bridgehead atoms. The molecule has 4 heterocycles. The lowest BCUT2D eigenvalue weighted by atomic mass is 9.53. The van der Waals surface area contributed by atoms with Crippen molar-refractivity contribution in [2.24, 2.45) is 17.8 Å². The first-order chi connectivity index (χ1) is 18.8. The Morgan fingerprint density at radius 3 is 2.46 bits per heavy atom. The van der Waals surface area contributed by atoms with Crippen molar-refractivity contribution in [3.05, 3.63) is 69.3 Å². The Kier molecular flexibility index (Phi) is 5.82. The van der Waals surface area contributed by atoms with Gasteiger partial charge in [0.25, 0.3) is 11.8 Å². The van der Waals surface area contributed by atoms with Crippen LogP contribution in [0.15, 0.2) is 47.3 Å². The Balaban J connectivity index is 1.26. The van der Waals surface area contributed by atoms with E-state index in [1.165, 1.54) is 23.9 Å². The fourth-order valence-electron chi connectivity index (χ4n) is 7.51. The van der Waals surface area contributed by atoms with Gasteiger partial charge in [0.05, 0.1) is 22.4 Å². The van der Waals surface area contributed by atoms with E-state index < -0.39 is 5.91 Å². The predicted octanol–water partition coefficient (Wildman–Crippen LogP) is 5.59. The summed E-state index contributed by atoms with van der Waals surface area (Å²) in [6.45, 7) is 1.88. The number of hydrogen-bond donors (Lipinski definition) is 2. The second kappa shape index (κ2) is 9.16. The van der Waals surface area contributed by atoms with Crippen LogP contribution in [0.3, 0.4) is 0 Å². The molecule has 0 unspecified atom stereocenters. The van der Waals surface area contributed by atoms with Crippen molar-refractivity contribution < 1.29 is 9.59 Å². The standard InChI is InChI=1S/C28H27BrClN7O2/c1-15-7-19-4-6-32-36(19)24(27(39)34-28-12-16-8-17(13-28)10-18(9-16)14-28)23(15)33-26(38)21-11-22(29)35-37(21)25-20(30)3-2-5-31-25/h2-7,11,16-18H,8-10,12-14H2,1H3,(H,33,38)(H,34,39). The summed E-state index contributed by atoms with van der Waals surface area (Å²) in [6.07, 6.45) is 10.2. The van der Waals surface area contributed by atoms with E-state index in [9.17, 15) is 9.59 Å². The maximum Gasteiger partial charge on any atom is 0.274 e. The van der Waals surface area contributed by atoms with Gasteiger partial charge >= 0.3 is 0 Å². The molecule has 0 aromatic carbocycles. The maximum atomic E-state index is 14.1. The van der Waals surface area contributed by atoms with E-state index in [-0.39, 0.29) is 17.1 Å². The van der Waals surface area contributed by atoms with Gasteiger partial charge in [0, 0.05) is 17.8 Å². The molecule has 4 saturated carbocycles. The molecule has 0 aliphatic heterocycles. The van der Waals surface area contributed by atoms with Gasteiger partial charge in [-0.25, -0.2) is 14.2 Å². The number of nitrogens with one attached hydrogen (secondary N) is 2. The van der Waals surface area contributed by atoms with Crippen molar-refractivity contribution in [3.8, 4) is 5.82 Å². The number of aryl methyl sites for hydroxylation is 1. The molecule has 4 aliphatic rings. The van der Waals surface area contributed by atoms with Crippen LogP contribution >= 0.6 is 27.5 Å². The normalized spacial score (nSPS) is 25.3. The van der Waals surface area contributed by atoms with Crippen LogP contribution in [-0.2, 0) is 0 Å². The molecule has 200 valence electrons. The van der Waals surface area contributed by atoms with Crippen molar-refractivity contribution in [2.75, 3.05) is 5.32 Å². The van der Waals surface area contributed by atoms with Crippen molar-refractivity contribution in [1.29, 1.82) is 0 Å². The van der Waals surface area contributed by atoms with Gasteiger partial charge in [-0.1, -0.05) is 11.6 Å². The molecular weight excluding hydrogens is 582 g/mol.